The van der Waals surface area contributed by atoms with Gasteiger partial charge in [-0.15, -0.1) is 0 Å². The Balaban J connectivity index is 3.06. The van der Waals surface area contributed by atoms with E-state index in [9.17, 15) is 4.79 Å². The Kier molecular flexibility index (Phi) is 5.95. The first-order valence-electron chi connectivity index (χ1n) is 6.98. The van der Waals surface area contributed by atoms with Gasteiger partial charge in [-0.25, -0.2) is 4.98 Å². The van der Waals surface area contributed by atoms with E-state index in [4.69, 9.17) is 10.5 Å². The van der Waals surface area contributed by atoms with Gasteiger partial charge in [0.25, 0.3) is 5.91 Å². The number of carbonyl (C=O) groups excluding carboxylic acids is 1. The number of rotatable bonds is 6. The van der Waals surface area contributed by atoms with E-state index < -0.39 is 0 Å². The number of anilines is 1. The molecule has 0 fully saturated rings. The SMILES string of the molecule is CCN(C(=O)c1cc(N)nc(C(C)C)c1)C(C)COC. The number of nitrogen functional groups attached to an aromatic ring is 1. The summed E-state index contributed by atoms with van der Waals surface area (Å²) in [6.45, 7) is 9.12. The lowest BCUT2D eigenvalue weighted by Crippen LogP contribution is -2.41. The number of nitrogens with zero attached hydrogens (tertiary/aromatic N) is 2. The van der Waals surface area contributed by atoms with Crippen LogP contribution in [0.5, 0.6) is 0 Å². The number of nitrogens with two attached hydrogens (primary N) is 1. The molecule has 1 aromatic rings. The lowest BCUT2D eigenvalue weighted by Gasteiger charge is -2.28. The molecule has 1 amide bonds. The molecule has 0 spiro atoms. The van der Waals surface area contributed by atoms with E-state index >= 15 is 0 Å². The Labute approximate surface area is 121 Å². The third-order valence-corrected chi connectivity index (χ3v) is 3.24. The topological polar surface area (TPSA) is 68.5 Å². The number of ether oxygens (including phenoxy) is 1. The van der Waals surface area contributed by atoms with Crippen molar-refractivity contribution in [1.29, 1.82) is 0 Å². The van der Waals surface area contributed by atoms with Gasteiger partial charge in [0.15, 0.2) is 0 Å². The molecule has 0 aliphatic heterocycles. The predicted molar refractivity (Wildman–Crippen MR) is 80.8 cm³/mol. The smallest absolute Gasteiger partial charge is 0.254 e. The normalized spacial score (nSPS) is 12.5. The second kappa shape index (κ2) is 7.24. The van der Waals surface area contributed by atoms with Crippen LogP contribution in [0.3, 0.4) is 0 Å². The maximum atomic E-state index is 12.6. The highest BCUT2D eigenvalue weighted by atomic mass is 16.5. The highest BCUT2D eigenvalue weighted by Crippen LogP contribution is 2.18. The van der Waals surface area contributed by atoms with E-state index in [0.29, 0.717) is 24.5 Å². The van der Waals surface area contributed by atoms with Gasteiger partial charge >= 0.3 is 0 Å². The molecule has 1 aromatic heterocycles. The van der Waals surface area contributed by atoms with Gasteiger partial charge in [-0.3, -0.25) is 4.79 Å². The van der Waals surface area contributed by atoms with Crippen LogP contribution >= 0.6 is 0 Å². The Morgan fingerprint density at radius 1 is 1.40 bits per heavy atom. The van der Waals surface area contributed by atoms with Crippen molar-refractivity contribution < 1.29 is 9.53 Å². The molecule has 0 bridgehead atoms. The Morgan fingerprint density at radius 2 is 2.05 bits per heavy atom. The molecule has 1 heterocycles. The van der Waals surface area contributed by atoms with E-state index in [2.05, 4.69) is 4.98 Å². The van der Waals surface area contributed by atoms with Crippen LogP contribution in [-0.4, -0.2) is 42.1 Å². The third kappa shape index (κ3) is 3.93. The molecule has 5 nitrogen and oxygen atoms in total. The van der Waals surface area contributed by atoms with Crippen molar-refractivity contribution in [3.63, 3.8) is 0 Å². The second-order valence-electron chi connectivity index (χ2n) is 5.26. The molecule has 20 heavy (non-hydrogen) atoms. The zero-order valence-corrected chi connectivity index (χ0v) is 13.0. The highest BCUT2D eigenvalue weighted by molar-refractivity contribution is 5.95. The molecule has 0 saturated carbocycles. The molecule has 1 rings (SSSR count). The summed E-state index contributed by atoms with van der Waals surface area (Å²) in [6, 6.07) is 3.48. The molecule has 0 aromatic carbocycles. The molecule has 0 radical (unpaired) electrons. The van der Waals surface area contributed by atoms with Crippen LogP contribution in [0.4, 0.5) is 5.82 Å². The maximum absolute atomic E-state index is 12.6. The van der Waals surface area contributed by atoms with Crippen molar-refractivity contribution in [2.75, 3.05) is 26.0 Å². The average molecular weight is 279 g/mol. The van der Waals surface area contributed by atoms with Gasteiger partial charge in [-0.2, -0.15) is 0 Å². The monoisotopic (exact) mass is 279 g/mol. The summed E-state index contributed by atoms with van der Waals surface area (Å²) in [5, 5.41) is 0. The number of carbonyl (C=O) groups is 1. The van der Waals surface area contributed by atoms with Gasteiger partial charge in [-0.1, -0.05) is 13.8 Å². The van der Waals surface area contributed by atoms with Crippen molar-refractivity contribution in [3.05, 3.63) is 23.4 Å². The van der Waals surface area contributed by atoms with Gasteiger partial charge < -0.3 is 15.4 Å². The van der Waals surface area contributed by atoms with Crippen LogP contribution in [0.2, 0.25) is 0 Å². The summed E-state index contributed by atoms with van der Waals surface area (Å²) in [6.07, 6.45) is 0. The number of likely N-dealkylation sites (N-methyl/N-ethyl adjacent to an activating group) is 1. The summed E-state index contributed by atoms with van der Waals surface area (Å²) in [5.74, 6) is 0.583. The first-order chi connectivity index (χ1) is 9.40. The average Bonchev–Trinajstić information content (AvgIpc) is 2.38. The number of amides is 1. The Bertz CT molecular complexity index is 460. The lowest BCUT2D eigenvalue weighted by molar-refractivity contribution is 0.0579. The highest BCUT2D eigenvalue weighted by Gasteiger charge is 2.21. The minimum atomic E-state index is -0.0342. The molecule has 5 heteroatoms. The fourth-order valence-corrected chi connectivity index (χ4v) is 2.15. The molecule has 0 saturated heterocycles. The number of pyridine rings is 1. The zero-order valence-electron chi connectivity index (χ0n) is 13.0. The molecular formula is C15H25N3O2. The van der Waals surface area contributed by atoms with E-state index in [1.165, 1.54) is 0 Å². The molecule has 0 aliphatic carbocycles. The number of methoxy groups -OCH3 is 1. The summed E-state index contributed by atoms with van der Waals surface area (Å²) in [4.78, 5) is 18.7. The minimum Gasteiger partial charge on any atom is -0.384 e. The van der Waals surface area contributed by atoms with Crippen molar-refractivity contribution in [2.24, 2.45) is 0 Å². The second-order valence-corrected chi connectivity index (χ2v) is 5.26. The first-order valence-corrected chi connectivity index (χ1v) is 6.98. The summed E-state index contributed by atoms with van der Waals surface area (Å²) in [7, 11) is 1.64. The quantitative estimate of drug-likeness (QED) is 0.867. The zero-order chi connectivity index (χ0) is 15.3. The van der Waals surface area contributed by atoms with E-state index in [0.717, 1.165) is 5.69 Å². The number of hydrogen-bond acceptors (Lipinski definition) is 4. The van der Waals surface area contributed by atoms with Crippen LogP contribution in [0.1, 0.15) is 49.7 Å². The van der Waals surface area contributed by atoms with Crippen molar-refractivity contribution in [1.82, 2.24) is 9.88 Å². The number of aromatic nitrogens is 1. The summed E-state index contributed by atoms with van der Waals surface area (Å²) < 4.78 is 5.13. The molecule has 1 unspecified atom stereocenters. The molecular weight excluding hydrogens is 254 g/mol. The van der Waals surface area contributed by atoms with Gasteiger partial charge in [0.05, 0.1) is 12.6 Å². The summed E-state index contributed by atoms with van der Waals surface area (Å²) in [5.41, 5.74) is 7.23. The fourth-order valence-electron chi connectivity index (χ4n) is 2.15. The van der Waals surface area contributed by atoms with Crippen LogP contribution in [0.25, 0.3) is 0 Å². The molecule has 1 atom stereocenters. The lowest BCUT2D eigenvalue weighted by atomic mass is 10.1. The van der Waals surface area contributed by atoms with Gasteiger partial charge in [0.1, 0.15) is 5.82 Å². The van der Waals surface area contributed by atoms with Gasteiger partial charge in [0.2, 0.25) is 0 Å². The van der Waals surface area contributed by atoms with Crippen molar-refractivity contribution >= 4 is 11.7 Å². The molecule has 2 N–H and O–H groups in total. The van der Waals surface area contributed by atoms with Crippen LogP contribution in [-0.2, 0) is 4.74 Å². The van der Waals surface area contributed by atoms with Crippen molar-refractivity contribution in [3.8, 4) is 0 Å². The van der Waals surface area contributed by atoms with E-state index in [1.54, 1.807) is 18.1 Å². The first kappa shape index (κ1) is 16.4. The standard InChI is InChI=1S/C15H25N3O2/c1-6-18(11(4)9-20-5)15(19)12-7-13(10(2)3)17-14(16)8-12/h7-8,10-11H,6,9H2,1-5H3,(H2,16,17). The van der Waals surface area contributed by atoms with Crippen molar-refractivity contribution in [2.45, 2.75) is 39.7 Å². The van der Waals surface area contributed by atoms with Crippen LogP contribution < -0.4 is 5.73 Å². The minimum absolute atomic E-state index is 0.0226. The molecule has 112 valence electrons. The summed E-state index contributed by atoms with van der Waals surface area (Å²) >= 11 is 0. The van der Waals surface area contributed by atoms with Gasteiger partial charge in [0, 0.05) is 24.9 Å². The fraction of sp³-hybridized carbons (Fsp3) is 0.600. The van der Waals surface area contributed by atoms with Crippen LogP contribution in [0, 0.1) is 0 Å². The van der Waals surface area contributed by atoms with E-state index in [1.807, 2.05) is 33.8 Å². The third-order valence-electron chi connectivity index (χ3n) is 3.24. The predicted octanol–water partition coefficient (Wildman–Crippen LogP) is 2.28. The maximum Gasteiger partial charge on any atom is 0.254 e. The Morgan fingerprint density at radius 3 is 2.55 bits per heavy atom. The van der Waals surface area contributed by atoms with Crippen LogP contribution in [0.15, 0.2) is 12.1 Å². The largest absolute Gasteiger partial charge is 0.384 e. The number of hydrogen-bond donors (Lipinski definition) is 1. The van der Waals surface area contributed by atoms with Gasteiger partial charge in [-0.05, 0) is 31.9 Å². The Hall–Kier alpha value is -1.62. The van der Waals surface area contributed by atoms with E-state index in [-0.39, 0.29) is 17.9 Å². The molecule has 0 aliphatic rings.